The predicted octanol–water partition coefficient (Wildman–Crippen LogP) is 2.64. The summed E-state index contributed by atoms with van der Waals surface area (Å²) in [5.74, 6) is 1.04. The summed E-state index contributed by atoms with van der Waals surface area (Å²) in [5.41, 5.74) is 1.73. The first kappa shape index (κ1) is 14.2. The summed E-state index contributed by atoms with van der Waals surface area (Å²) in [6, 6.07) is 1.89. The topological polar surface area (TPSA) is 33.2 Å². The van der Waals surface area contributed by atoms with Gasteiger partial charge < -0.3 is 4.90 Å². The van der Waals surface area contributed by atoms with E-state index >= 15 is 0 Å². The van der Waals surface area contributed by atoms with Gasteiger partial charge in [-0.3, -0.25) is 4.79 Å². The zero-order valence-electron chi connectivity index (χ0n) is 10.8. The molecule has 0 N–H and O–H groups in total. The van der Waals surface area contributed by atoms with Crippen molar-refractivity contribution in [3.63, 3.8) is 0 Å². The van der Waals surface area contributed by atoms with Crippen molar-refractivity contribution in [3.05, 3.63) is 23.4 Å². The molecule has 0 fully saturated rings. The Morgan fingerprint density at radius 2 is 2.12 bits per heavy atom. The molecule has 0 saturated carbocycles. The lowest BCUT2D eigenvalue weighted by atomic mass is 10.2. The van der Waals surface area contributed by atoms with Gasteiger partial charge in [-0.05, 0) is 31.6 Å². The van der Waals surface area contributed by atoms with Crippen LogP contribution in [-0.4, -0.2) is 41.6 Å². The Balaban J connectivity index is 2.49. The molecule has 94 valence electrons. The third-order valence-electron chi connectivity index (χ3n) is 2.73. The van der Waals surface area contributed by atoms with Gasteiger partial charge in [0, 0.05) is 24.1 Å². The van der Waals surface area contributed by atoms with E-state index in [2.05, 4.69) is 23.7 Å². The van der Waals surface area contributed by atoms with E-state index in [0.29, 0.717) is 5.56 Å². The monoisotopic (exact) mass is 252 g/mol. The summed E-state index contributed by atoms with van der Waals surface area (Å²) >= 11 is 1.76. The summed E-state index contributed by atoms with van der Waals surface area (Å²) in [6.45, 7) is 9.61. The van der Waals surface area contributed by atoms with Gasteiger partial charge in [-0.2, -0.15) is 0 Å². The Morgan fingerprint density at radius 3 is 2.65 bits per heavy atom. The molecule has 0 bridgehead atoms. The molecule has 1 rings (SSSR count). The quantitative estimate of drug-likeness (QED) is 0.552. The van der Waals surface area contributed by atoms with Crippen LogP contribution < -0.4 is 0 Å². The number of aromatic nitrogens is 1. The number of hydrogen-bond donors (Lipinski definition) is 0. The lowest BCUT2D eigenvalue weighted by molar-refractivity contribution is 0.112. The Kier molecular flexibility index (Phi) is 6.22. The van der Waals surface area contributed by atoms with Crippen LogP contribution >= 0.6 is 11.8 Å². The van der Waals surface area contributed by atoms with Crippen molar-refractivity contribution in [2.75, 3.05) is 25.4 Å². The maximum absolute atomic E-state index is 10.6. The van der Waals surface area contributed by atoms with Gasteiger partial charge in [-0.15, -0.1) is 11.8 Å². The van der Waals surface area contributed by atoms with Crippen LogP contribution in [0.2, 0.25) is 0 Å². The second-order valence-corrected chi connectivity index (χ2v) is 4.97. The number of aldehydes is 1. The number of aryl methyl sites for hydroxylation is 1. The molecule has 0 aliphatic heterocycles. The van der Waals surface area contributed by atoms with E-state index in [1.54, 1.807) is 18.0 Å². The number of carbonyl (C=O) groups is 1. The number of nitrogens with zero attached hydrogens (tertiary/aromatic N) is 2. The zero-order chi connectivity index (χ0) is 12.7. The third kappa shape index (κ3) is 4.48. The number of rotatable bonds is 7. The second kappa shape index (κ2) is 7.45. The summed E-state index contributed by atoms with van der Waals surface area (Å²) in [7, 11) is 0. The smallest absolute Gasteiger partial charge is 0.151 e. The van der Waals surface area contributed by atoms with Crippen molar-refractivity contribution < 1.29 is 4.79 Å². The first-order valence-corrected chi connectivity index (χ1v) is 6.96. The second-order valence-electron chi connectivity index (χ2n) is 3.88. The fraction of sp³-hybridized carbons (Fsp3) is 0.538. The van der Waals surface area contributed by atoms with Gasteiger partial charge in [0.2, 0.25) is 0 Å². The molecule has 3 nitrogen and oxygen atoms in total. The summed E-state index contributed by atoms with van der Waals surface area (Å²) in [6.07, 6.45) is 2.48. The van der Waals surface area contributed by atoms with E-state index in [4.69, 9.17) is 0 Å². The molecular weight excluding hydrogens is 232 g/mol. The van der Waals surface area contributed by atoms with Gasteiger partial charge in [-0.25, -0.2) is 4.98 Å². The summed E-state index contributed by atoms with van der Waals surface area (Å²) in [4.78, 5) is 17.3. The van der Waals surface area contributed by atoms with Gasteiger partial charge in [0.25, 0.3) is 0 Å². The van der Waals surface area contributed by atoms with Crippen LogP contribution in [0.5, 0.6) is 0 Å². The molecule has 1 aromatic rings. The highest BCUT2D eigenvalue weighted by molar-refractivity contribution is 7.99. The predicted molar refractivity (Wildman–Crippen MR) is 72.9 cm³/mol. The first-order valence-electron chi connectivity index (χ1n) is 5.98. The van der Waals surface area contributed by atoms with Gasteiger partial charge in [-0.1, -0.05) is 13.8 Å². The Morgan fingerprint density at radius 1 is 1.41 bits per heavy atom. The summed E-state index contributed by atoms with van der Waals surface area (Å²) < 4.78 is 0. The molecule has 1 aromatic heterocycles. The number of thioether (sulfide) groups is 1. The third-order valence-corrected chi connectivity index (χ3v) is 3.82. The van der Waals surface area contributed by atoms with Crippen LogP contribution in [-0.2, 0) is 0 Å². The van der Waals surface area contributed by atoms with Crippen LogP contribution in [0, 0.1) is 6.92 Å². The molecule has 1 heterocycles. The Labute approximate surface area is 108 Å². The van der Waals surface area contributed by atoms with Crippen molar-refractivity contribution >= 4 is 18.0 Å². The average Bonchev–Trinajstić information content (AvgIpc) is 2.36. The highest BCUT2D eigenvalue weighted by Gasteiger charge is 2.04. The van der Waals surface area contributed by atoms with E-state index in [-0.39, 0.29) is 0 Å². The molecule has 17 heavy (non-hydrogen) atoms. The van der Waals surface area contributed by atoms with E-state index < -0.39 is 0 Å². The molecule has 0 spiro atoms. The molecule has 0 aromatic carbocycles. The SMILES string of the molecule is CCN(CC)CCSc1ncc(C=O)cc1C. The van der Waals surface area contributed by atoms with Crippen molar-refractivity contribution in [1.82, 2.24) is 9.88 Å². The van der Waals surface area contributed by atoms with Crippen LogP contribution in [0.15, 0.2) is 17.3 Å². The standard InChI is InChI=1S/C13H20N2OS/c1-4-15(5-2)6-7-17-13-11(3)8-12(10-16)9-14-13/h8-10H,4-7H2,1-3H3. The van der Waals surface area contributed by atoms with Gasteiger partial charge in [0.15, 0.2) is 6.29 Å². The lowest BCUT2D eigenvalue weighted by Crippen LogP contribution is -2.25. The molecule has 0 atom stereocenters. The first-order chi connectivity index (χ1) is 8.21. The van der Waals surface area contributed by atoms with Crippen LogP contribution in [0.1, 0.15) is 29.8 Å². The minimum atomic E-state index is 0.649. The fourth-order valence-electron chi connectivity index (χ4n) is 1.61. The van der Waals surface area contributed by atoms with Crippen molar-refractivity contribution in [1.29, 1.82) is 0 Å². The Hall–Kier alpha value is -0.870. The van der Waals surface area contributed by atoms with Crippen LogP contribution in [0.3, 0.4) is 0 Å². The van der Waals surface area contributed by atoms with E-state index in [0.717, 1.165) is 42.3 Å². The highest BCUT2D eigenvalue weighted by atomic mass is 32.2. The largest absolute Gasteiger partial charge is 0.303 e. The van der Waals surface area contributed by atoms with E-state index in [1.165, 1.54) is 0 Å². The number of pyridine rings is 1. The molecule has 0 unspecified atom stereocenters. The average molecular weight is 252 g/mol. The lowest BCUT2D eigenvalue weighted by Gasteiger charge is -2.17. The van der Waals surface area contributed by atoms with Crippen LogP contribution in [0.4, 0.5) is 0 Å². The molecule has 0 amide bonds. The molecule has 4 heteroatoms. The molecule has 0 aliphatic carbocycles. The van der Waals surface area contributed by atoms with Crippen LogP contribution in [0.25, 0.3) is 0 Å². The van der Waals surface area contributed by atoms with Crippen molar-refractivity contribution in [3.8, 4) is 0 Å². The zero-order valence-corrected chi connectivity index (χ0v) is 11.6. The fourth-order valence-corrected chi connectivity index (χ4v) is 2.57. The van der Waals surface area contributed by atoms with Gasteiger partial charge >= 0.3 is 0 Å². The van der Waals surface area contributed by atoms with Gasteiger partial charge in [0.1, 0.15) is 0 Å². The maximum atomic E-state index is 10.6. The maximum Gasteiger partial charge on any atom is 0.151 e. The Bertz CT molecular complexity index is 364. The van der Waals surface area contributed by atoms with Gasteiger partial charge in [0.05, 0.1) is 5.03 Å². The number of hydrogen-bond acceptors (Lipinski definition) is 4. The number of carbonyl (C=O) groups excluding carboxylic acids is 1. The minimum absolute atomic E-state index is 0.649. The minimum Gasteiger partial charge on any atom is -0.303 e. The van der Waals surface area contributed by atoms with E-state index in [9.17, 15) is 4.79 Å². The normalized spacial score (nSPS) is 10.8. The summed E-state index contributed by atoms with van der Waals surface area (Å²) in [5, 5.41) is 1.03. The molecule has 0 radical (unpaired) electrons. The van der Waals surface area contributed by atoms with E-state index in [1.807, 2.05) is 13.0 Å². The molecule has 0 saturated heterocycles. The molecule has 0 aliphatic rings. The molecular formula is C13H20N2OS. The van der Waals surface area contributed by atoms with Crippen molar-refractivity contribution in [2.24, 2.45) is 0 Å². The highest BCUT2D eigenvalue weighted by Crippen LogP contribution is 2.19. The van der Waals surface area contributed by atoms with Crippen molar-refractivity contribution in [2.45, 2.75) is 25.8 Å².